The zero-order valence-corrected chi connectivity index (χ0v) is 18.9. The highest BCUT2D eigenvalue weighted by Crippen LogP contribution is 2.37. The highest BCUT2D eigenvalue weighted by atomic mass is 35.5. The van der Waals surface area contributed by atoms with Gasteiger partial charge in [0.05, 0.1) is 18.2 Å². The number of hydrogen-bond acceptors (Lipinski definition) is 5. The van der Waals surface area contributed by atoms with Gasteiger partial charge in [-0.1, -0.05) is 23.7 Å². The number of hydrogen-bond donors (Lipinski definition) is 2. The summed E-state index contributed by atoms with van der Waals surface area (Å²) in [6.45, 7) is 0.412. The Hall–Kier alpha value is -3.33. The first-order valence-corrected chi connectivity index (χ1v) is 10.7. The van der Waals surface area contributed by atoms with Crippen molar-refractivity contribution in [3.8, 4) is 5.75 Å². The number of esters is 1. The number of carbonyl (C=O) groups is 3. The Morgan fingerprint density at radius 3 is 2.42 bits per heavy atom. The van der Waals surface area contributed by atoms with Crippen molar-refractivity contribution in [2.24, 2.45) is 11.1 Å². The average molecular weight is 478 g/mol. The largest absolute Gasteiger partial charge is 0.482 e. The summed E-state index contributed by atoms with van der Waals surface area (Å²) in [6, 6.07) is 9.78. The first-order valence-electron chi connectivity index (χ1n) is 10.3. The van der Waals surface area contributed by atoms with Crippen molar-refractivity contribution < 1.29 is 28.2 Å². The third-order valence-electron chi connectivity index (χ3n) is 5.70. The van der Waals surface area contributed by atoms with Crippen LogP contribution in [0, 0.1) is 11.2 Å². The maximum atomic E-state index is 13.2. The molecule has 1 saturated heterocycles. The van der Waals surface area contributed by atoms with Gasteiger partial charge in [-0.2, -0.15) is 0 Å². The van der Waals surface area contributed by atoms with Gasteiger partial charge in [0.1, 0.15) is 11.6 Å². The van der Waals surface area contributed by atoms with Gasteiger partial charge in [-0.3, -0.25) is 9.59 Å². The van der Waals surface area contributed by atoms with Crippen LogP contribution in [0.2, 0.25) is 5.02 Å². The predicted molar refractivity (Wildman–Crippen MR) is 121 cm³/mol. The molecule has 3 amide bonds. The van der Waals surface area contributed by atoms with Gasteiger partial charge < -0.3 is 25.4 Å². The van der Waals surface area contributed by atoms with Crippen LogP contribution < -0.4 is 15.8 Å². The minimum Gasteiger partial charge on any atom is -0.482 e. The minimum atomic E-state index is -0.793. The maximum absolute atomic E-state index is 13.2. The third kappa shape index (κ3) is 6.13. The molecule has 0 aliphatic carbocycles. The number of carbonyl (C=O) groups excluding carboxylic acids is 3. The molecular formula is C23H25ClFN3O5. The number of anilines is 1. The number of amides is 3. The lowest BCUT2D eigenvalue weighted by Crippen LogP contribution is -2.49. The lowest BCUT2D eigenvalue weighted by molar-refractivity contribution is -0.158. The monoisotopic (exact) mass is 477 g/mol. The van der Waals surface area contributed by atoms with Crippen LogP contribution in [0.25, 0.3) is 0 Å². The van der Waals surface area contributed by atoms with Crippen molar-refractivity contribution in [2.75, 3.05) is 32.1 Å². The van der Waals surface area contributed by atoms with E-state index in [9.17, 15) is 18.8 Å². The second-order valence-corrected chi connectivity index (χ2v) is 8.31. The summed E-state index contributed by atoms with van der Waals surface area (Å²) >= 11 is 5.94. The van der Waals surface area contributed by atoms with E-state index in [2.05, 4.69) is 5.32 Å². The predicted octanol–water partition coefficient (Wildman–Crippen LogP) is 3.37. The lowest BCUT2D eigenvalue weighted by atomic mass is 9.73. The Labute approximate surface area is 195 Å². The number of piperidine rings is 1. The van der Waals surface area contributed by atoms with Gasteiger partial charge in [-0.15, -0.1) is 0 Å². The van der Waals surface area contributed by atoms with Crippen molar-refractivity contribution in [3.63, 3.8) is 0 Å². The summed E-state index contributed by atoms with van der Waals surface area (Å²) in [6.07, 6.45) is 1.20. The SMILES string of the molecule is COC(=O)C1(Cc2ccc(F)cc2)CCN(C(=O)COc2ccc(Cl)cc2NC(N)=O)CC1. The summed E-state index contributed by atoms with van der Waals surface area (Å²) < 4.78 is 23.9. The molecule has 176 valence electrons. The maximum Gasteiger partial charge on any atom is 0.316 e. The van der Waals surface area contributed by atoms with Gasteiger partial charge >= 0.3 is 12.0 Å². The lowest BCUT2D eigenvalue weighted by Gasteiger charge is -2.39. The van der Waals surface area contributed by atoms with E-state index >= 15 is 0 Å². The number of methoxy groups -OCH3 is 1. The van der Waals surface area contributed by atoms with Crippen molar-refractivity contribution >= 4 is 35.2 Å². The van der Waals surface area contributed by atoms with E-state index in [-0.39, 0.29) is 35.7 Å². The average Bonchev–Trinajstić information content (AvgIpc) is 2.79. The van der Waals surface area contributed by atoms with Gasteiger partial charge in [-0.05, 0) is 55.2 Å². The summed E-state index contributed by atoms with van der Waals surface area (Å²) in [7, 11) is 1.34. The quantitative estimate of drug-likeness (QED) is 0.594. The van der Waals surface area contributed by atoms with Crippen LogP contribution in [0.5, 0.6) is 5.75 Å². The molecule has 0 atom stereocenters. The second kappa shape index (κ2) is 10.5. The van der Waals surface area contributed by atoms with Crippen LogP contribution >= 0.6 is 11.6 Å². The highest BCUT2D eigenvalue weighted by Gasteiger charge is 2.43. The fourth-order valence-corrected chi connectivity index (χ4v) is 4.11. The van der Waals surface area contributed by atoms with Crippen molar-refractivity contribution in [1.29, 1.82) is 0 Å². The summed E-state index contributed by atoms with van der Waals surface area (Å²) in [5.74, 6) is -0.710. The highest BCUT2D eigenvalue weighted by molar-refractivity contribution is 6.31. The third-order valence-corrected chi connectivity index (χ3v) is 5.93. The molecule has 1 aliphatic rings. The van der Waals surface area contributed by atoms with E-state index in [1.165, 1.54) is 31.4 Å². The molecule has 0 radical (unpaired) electrons. The standard InChI is InChI=1S/C23H25ClFN3O5/c1-32-21(30)23(13-15-2-5-17(25)6-3-15)8-10-28(11-9-23)20(29)14-33-19-7-4-16(24)12-18(19)27-22(26)31/h2-7,12H,8-11,13-14H2,1H3,(H3,26,27,31). The molecule has 1 fully saturated rings. The van der Waals surface area contributed by atoms with E-state index in [1.54, 1.807) is 23.1 Å². The van der Waals surface area contributed by atoms with Crippen molar-refractivity contribution in [3.05, 3.63) is 58.9 Å². The van der Waals surface area contributed by atoms with Gasteiger partial charge in [0, 0.05) is 18.1 Å². The molecule has 0 saturated carbocycles. The normalized spacial score (nSPS) is 14.9. The second-order valence-electron chi connectivity index (χ2n) is 7.87. The molecule has 8 nitrogen and oxygen atoms in total. The zero-order valence-electron chi connectivity index (χ0n) is 18.1. The Morgan fingerprint density at radius 1 is 1.15 bits per heavy atom. The van der Waals surface area contributed by atoms with Gasteiger partial charge in [0.25, 0.3) is 5.91 Å². The van der Waals surface area contributed by atoms with E-state index in [0.29, 0.717) is 37.4 Å². The number of nitrogens with two attached hydrogens (primary N) is 1. The molecule has 3 rings (SSSR count). The molecule has 2 aromatic carbocycles. The van der Waals surface area contributed by atoms with Crippen molar-refractivity contribution in [2.45, 2.75) is 19.3 Å². The molecule has 33 heavy (non-hydrogen) atoms. The minimum absolute atomic E-state index is 0.253. The number of likely N-dealkylation sites (tertiary alicyclic amines) is 1. The smallest absolute Gasteiger partial charge is 0.316 e. The first kappa shape index (κ1) is 24.3. The van der Waals surface area contributed by atoms with Crippen LogP contribution in [0.1, 0.15) is 18.4 Å². The van der Waals surface area contributed by atoms with Crippen LogP contribution in [-0.2, 0) is 20.7 Å². The Balaban J connectivity index is 1.63. The van der Waals surface area contributed by atoms with Gasteiger partial charge in [0.15, 0.2) is 6.61 Å². The molecule has 0 aromatic heterocycles. The van der Waals surface area contributed by atoms with E-state index in [0.717, 1.165) is 5.56 Å². The molecular weight excluding hydrogens is 453 g/mol. The molecule has 0 unspecified atom stereocenters. The van der Waals surface area contributed by atoms with Crippen LogP contribution in [0.3, 0.4) is 0 Å². The molecule has 2 aromatic rings. The summed E-state index contributed by atoms with van der Waals surface area (Å²) in [5, 5.41) is 2.77. The van der Waals surface area contributed by atoms with Crippen LogP contribution in [0.4, 0.5) is 14.9 Å². The number of primary amides is 1. The number of ether oxygens (including phenoxy) is 2. The fourth-order valence-electron chi connectivity index (χ4n) is 3.94. The summed E-state index contributed by atoms with van der Waals surface area (Å²) in [4.78, 5) is 38.1. The van der Waals surface area contributed by atoms with Gasteiger partial charge in [-0.25, -0.2) is 9.18 Å². The fraction of sp³-hybridized carbons (Fsp3) is 0.348. The molecule has 0 bridgehead atoms. The molecule has 1 aliphatic heterocycles. The van der Waals surface area contributed by atoms with Gasteiger partial charge in [0.2, 0.25) is 0 Å². The number of halogens is 2. The Morgan fingerprint density at radius 2 is 1.82 bits per heavy atom. The van der Waals surface area contributed by atoms with Crippen molar-refractivity contribution in [1.82, 2.24) is 4.90 Å². The number of nitrogens with one attached hydrogen (secondary N) is 1. The molecule has 0 spiro atoms. The zero-order chi connectivity index (χ0) is 24.0. The van der Waals surface area contributed by atoms with Crippen LogP contribution in [-0.4, -0.2) is 49.6 Å². The molecule has 3 N–H and O–H groups in total. The number of nitrogens with zero attached hydrogens (tertiary/aromatic N) is 1. The molecule has 1 heterocycles. The van der Waals surface area contributed by atoms with E-state index in [1.807, 2.05) is 0 Å². The number of urea groups is 1. The molecule has 10 heteroatoms. The topological polar surface area (TPSA) is 111 Å². The van der Waals surface area contributed by atoms with E-state index in [4.69, 9.17) is 26.8 Å². The summed E-state index contributed by atoms with van der Waals surface area (Å²) in [5.41, 5.74) is 5.44. The number of rotatable bonds is 7. The Bertz CT molecular complexity index is 1020. The van der Waals surface area contributed by atoms with Crippen LogP contribution in [0.15, 0.2) is 42.5 Å². The number of benzene rings is 2. The Kier molecular flexibility index (Phi) is 7.75. The first-order chi connectivity index (χ1) is 15.7. The van der Waals surface area contributed by atoms with E-state index < -0.39 is 11.4 Å².